The lowest BCUT2D eigenvalue weighted by atomic mass is 9.73. The van der Waals surface area contributed by atoms with Crippen LogP contribution in [-0.4, -0.2) is 282 Å². The van der Waals surface area contributed by atoms with Gasteiger partial charge in [0.1, 0.15) is 65.7 Å². The van der Waals surface area contributed by atoms with Crippen molar-refractivity contribution in [3.8, 4) is 5.75 Å². The number of carbonyl (C=O) groups is 12. The Kier molecular flexibility index (Phi) is 28.8. The third-order valence-corrected chi connectivity index (χ3v) is 23.2. The van der Waals surface area contributed by atoms with Gasteiger partial charge in [0.2, 0.25) is 70.9 Å². The number of aryl methyl sites for hydroxylation is 1. The molecule has 2 bridgehead atoms. The van der Waals surface area contributed by atoms with Gasteiger partial charge in [-0.1, -0.05) is 70.7 Å². The molecule has 4 aliphatic heterocycles. The molecule has 110 heavy (non-hydrogen) atoms. The summed E-state index contributed by atoms with van der Waals surface area (Å²) >= 11 is 0. The molecule has 0 unspecified atom stereocenters. The summed E-state index contributed by atoms with van der Waals surface area (Å²) in [7, 11) is 11.9. The number of ether oxygens (including phenoxy) is 2. The van der Waals surface area contributed by atoms with Crippen LogP contribution in [0.15, 0.2) is 54.4 Å². The molecule has 2 N–H and O–H groups in total. The number of likely N-dealkylation sites (N-methyl/N-ethyl adjacent to an activating group) is 7. The molecule has 2 saturated carbocycles. The lowest BCUT2D eigenvalue weighted by Crippen LogP contribution is -2.68. The molecule has 26 nitrogen and oxygen atoms in total. The van der Waals surface area contributed by atoms with Crippen molar-refractivity contribution in [2.24, 2.45) is 11.8 Å². The van der Waals surface area contributed by atoms with E-state index in [2.05, 4.69) is 10.6 Å². The number of fused-ring (bicyclic) bond motifs is 4. The highest BCUT2D eigenvalue weighted by Gasteiger charge is 2.57. The first kappa shape index (κ1) is 86.7. The van der Waals surface area contributed by atoms with Crippen molar-refractivity contribution >= 4 is 70.9 Å². The van der Waals surface area contributed by atoms with E-state index in [4.69, 9.17) is 9.47 Å². The minimum atomic E-state index is -4.84. The van der Waals surface area contributed by atoms with Gasteiger partial charge in [0.25, 0.3) is 0 Å². The molecule has 4 heterocycles. The van der Waals surface area contributed by atoms with Crippen LogP contribution in [0.3, 0.4) is 0 Å². The van der Waals surface area contributed by atoms with E-state index >= 15 is 38.0 Å². The highest BCUT2D eigenvalue weighted by Crippen LogP contribution is 2.43. The van der Waals surface area contributed by atoms with Crippen LogP contribution in [0.4, 0.5) is 30.7 Å². The van der Waals surface area contributed by atoms with E-state index in [0.29, 0.717) is 44.9 Å². The predicted octanol–water partition coefficient (Wildman–Crippen LogP) is 6.00. The Morgan fingerprint density at radius 2 is 1.32 bits per heavy atom. The molecule has 0 aromatic heterocycles. The SMILES string of the molecule is CCC[C@H]1C(=O)N[C@@H]([C@@H](C)CC)C(=O)N2CC[C@H]2C(=O)N(C)[C@H]2C/C(F)=C\CCN(C2=O)[C@@H](Cc2ccc(C(F)(F)F)cc2)C(=O)N(C)CC(=O)N[C@@H](CCc2ccc(C(F)(F)F)c(OC)c2)C(=O)N2C[C@H](OCC)C[C@H]2C(=O)N(C)C2(CCC2)C(=O)N(C)[C@@H](C2CCCC2)C(=O)N(C)[C@H](C(=O)N(C)C)CC(=O)N1C. The standard InChI is InChI=1S/C77H107F7N12O14/c1-14-21-54-65(99)86-63(45(4)15-2)72(106)95-37-33-55(95)69(103)90(9)56-40-50(78)24-19-36-94(71(56)105)58(38-46-25-29-49(30-26-46)76(79,80)81)68(102)88(7)44-61(97)85-53(32-28-47-27-31-52(77(82,83)84)60(39-47)109-13)66(100)96-43-51(110-16-3)41-59(96)70(104)93(12)75(34-20-35-75)74(108)92(11)64(48-22-17-18-23-48)73(107)91(10)57(67(101)87(5)6)42-62(98)89(54)8/h24-27,29-31,39,45,48,51,53-59,63-64H,14-23,28,32-38,40-44H2,1-13H3,(H,85,97)(H,86,99)/b50-24+/t45-,51+,53-,54-,55-,56-,57-,58-,59-,63-,64-/m0/s1. The predicted molar refractivity (Wildman–Crippen MR) is 388 cm³/mol. The summed E-state index contributed by atoms with van der Waals surface area (Å²) < 4.78 is 112. The van der Waals surface area contributed by atoms with Gasteiger partial charge in [-0.25, -0.2) is 4.39 Å². The zero-order valence-corrected chi connectivity index (χ0v) is 65.1. The molecule has 2 aliphatic carbocycles. The van der Waals surface area contributed by atoms with Crippen LogP contribution < -0.4 is 15.4 Å². The Morgan fingerprint density at radius 3 is 1.88 bits per heavy atom. The van der Waals surface area contributed by atoms with Crippen molar-refractivity contribution in [3.05, 3.63) is 76.6 Å². The highest BCUT2D eigenvalue weighted by molar-refractivity contribution is 6.01. The number of nitrogens with one attached hydrogen (secondary N) is 2. The summed E-state index contributed by atoms with van der Waals surface area (Å²) in [5, 5.41) is 5.53. The molecular weight excluding hydrogens is 1450 g/mol. The van der Waals surface area contributed by atoms with Gasteiger partial charge >= 0.3 is 12.4 Å². The molecule has 11 atom stereocenters. The number of methoxy groups -OCH3 is 1. The van der Waals surface area contributed by atoms with Gasteiger partial charge in [0, 0.05) is 102 Å². The largest absolute Gasteiger partial charge is 0.496 e. The van der Waals surface area contributed by atoms with Crippen LogP contribution in [0, 0.1) is 11.8 Å². The van der Waals surface area contributed by atoms with Gasteiger partial charge in [-0.3, -0.25) is 57.5 Å². The molecule has 33 heteroatoms. The maximum absolute atomic E-state index is 16.1. The van der Waals surface area contributed by atoms with Crippen molar-refractivity contribution in [3.63, 3.8) is 0 Å². The van der Waals surface area contributed by atoms with Crippen molar-refractivity contribution in [2.45, 2.75) is 222 Å². The van der Waals surface area contributed by atoms with Crippen LogP contribution in [0.2, 0.25) is 0 Å². The molecular formula is C77H107F7N12O14. The van der Waals surface area contributed by atoms with Crippen molar-refractivity contribution in [2.75, 3.05) is 96.3 Å². The average molecular weight is 1560 g/mol. The Hall–Kier alpha value is -8.91. The molecule has 1 spiro atoms. The molecule has 8 rings (SSSR count). The molecule has 608 valence electrons. The van der Waals surface area contributed by atoms with Gasteiger partial charge in [0.15, 0.2) is 0 Å². The monoisotopic (exact) mass is 1560 g/mol. The number of halogens is 7. The number of rotatable bonds is 14. The second-order valence-electron chi connectivity index (χ2n) is 30.4. The quantitative estimate of drug-likeness (QED) is 0.205. The van der Waals surface area contributed by atoms with E-state index in [9.17, 15) is 50.3 Å². The van der Waals surface area contributed by atoms with Gasteiger partial charge in [-0.15, -0.1) is 0 Å². The van der Waals surface area contributed by atoms with Crippen LogP contribution in [-0.2, 0) is 87.5 Å². The Bertz CT molecular complexity index is 3760. The summed E-state index contributed by atoms with van der Waals surface area (Å²) in [5.41, 5.74) is -3.49. The molecule has 2 aromatic carbocycles. The lowest BCUT2D eigenvalue weighted by molar-refractivity contribution is -0.166. The maximum atomic E-state index is 16.1. The molecule has 0 radical (unpaired) electrons. The summed E-state index contributed by atoms with van der Waals surface area (Å²) in [5.74, 6) is -12.2. The topological polar surface area (TPSA) is 280 Å². The van der Waals surface area contributed by atoms with Gasteiger partial charge < -0.3 is 69.1 Å². The number of benzene rings is 2. The van der Waals surface area contributed by atoms with Crippen LogP contribution in [0.25, 0.3) is 0 Å². The molecule has 6 aliphatic rings. The molecule has 2 aromatic rings. The minimum absolute atomic E-state index is 0.0155. The first-order valence-corrected chi connectivity index (χ1v) is 37.9. The third-order valence-electron chi connectivity index (χ3n) is 23.2. The zero-order valence-electron chi connectivity index (χ0n) is 65.1. The van der Waals surface area contributed by atoms with E-state index in [1.165, 1.54) is 80.9 Å². The smallest absolute Gasteiger partial charge is 0.419 e. The van der Waals surface area contributed by atoms with Crippen LogP contribution >= 0.6 is 0 Å². The number of amides is 12. The van der Waals surface area contributed by atoms with Crippen LogP contribution in [0.5, 0.6) is 5.75 Å². The fourth-order valence-corrected chi connectivity index (χ4v) is 16.1. The highest BCUT2D eigenvalue weighted by atomic mass is 19.4. The normalized spacial score (nSPS) is 27.2. The van der Waals surface area contributed by atoms with E-state index in [0.717, 1.165) is 80.1 Å². The summed E-state index contributed by atoms with van der Waals surface area (Å²) in [4.78, 5) is 194. The maximum Gasteiger partial charge on any atom is 0.419 e. The second kappa shape index (κ2) is 36.5. The van der Waals surface area contributed by atoms with Crippen LogP contribution in [0.1, 0.15) is 153 Å². The van der Waals surface area contributed by atoms with Gasteiger partial charge in [-0.05, 0) is 118 Å². The van der Waals surface area contributed by atoms with Crippen molar-refractivity contribution < 1.29 is 97.7 Å². The lowest BCUT2D eigenvalue weighted by Gasteiger charge is -2.51. The third kappa shape index (κ3) is 19.2. The Balaban J connectivity index is 1.24. The van der Waals surface area contributed by atoms with Crippen molar-refractivity contribution in [1.29, 1.82) is 0 Å². The van der Waals surface area contributed by atoms with E-state index in [1.54, 1.807) is 27.7 Å². The fraction of sp³-hybridized carbons (Fsp3) is 0.662. The second-order valence-corrected chi connectivity index (χ2v) is 30.4. The Morgan fingerprint density at radius 1 is 0.664 bits per heavy atom. The fourth-order valence-electron chi connectivity index (χ4n) is 16.1. The summed E-state index contributed by atoms with van der Waals surface area (Å²) in [6, 6.07) is -6.42. The van der Waals surface area contributed by atoms with E-state index in [1.807, 2.05) is 0 Å². The van der Waals surface area contributed by atoms with Crippen molar-refractivity contribution in [1.82, 2.24) is 59.6 Å². The number of hydrogen-bond acceptors (Lipinski definition) is 14. The molecule has 5 fully saturated rings. The number of hydrogen-bond donors (Lipinski definition) is 2. The first-order chi connectivity index (χ1) is 51.8. The number of alkyl halides is 6. The molecule has 12 amide bonds. The van der Waals surface area contributed by atoms with E-state index < -0.39 is 216 Å². The minimum Gasteiger partial charge on any atom is -0.496 e. The number of nitrogens with zero attached hydrogens (tertiary/aromatic N) is 10. The van der Waals surface area contributed by atoms with E-state index in [-0.39, 0.29) is 82.2 Å². The summed E-state index contributed by atoms with van der Waals surface area (Å²) in [6.45, 7) is 5.41. The number of carbonyl (C=O) groups excluding carboxylic acids is 12. The van der Waals surface area contributed by atoms with Gasteiger partial charge in [-0.2, -0.15) is 26.3 Å². The van der Waals surface area contributed by atoms with Gasteiger partial charge in [0.05, 0.1) is 43.1 Å². The average Bonchev–Trinajstić information content (AvgIpc) is 1.14. The first-order valence-electron chi connectivity index (χ1n) is 37.9. The molecule has 3 saturated heterocycles. The summed E-state index contributed by atoms with van der Waals surface area (Å²) in [6.07, 6.45) is -8.48. The zero-order chi connectivity index (χ0) is 81.3. The Labute approximate surface area is 638 Å².